The molecule has 1 heterocycles. The summed E-state index contributed by atoms with van der Waals surface area (Å²) in [5.41, 5.74) is 2.43. The van der Waals surface area contributed by atoms with Crippen molar-refractivity contribution < 1.29 is 9.59 Å². The zero-order valence-electron chi connectivity index (χ0n) is 16.6. The van der Waals surface area contributed by atoms with Gasteiger partial charge in [0.25, 0.3) is 5.91 Å². The van der Waals surface area contributed by atoms with Gasteiger partial charge in [-0.3, -0.25) is 4.79 Å². The van der Waals surface area contributed by atoms with Crippen molar-refractivity contribution in [1.29, 1.82) is 0 Å². The zero-order chi connectivity index (χ0) is 19.9. The van der Waals surface area contributed by atoms with Crippen LogP contribution in [0.5, 0.6) is 0 Å². The lowest BCUT2D eigenvalue weighted by Gasteiger charge is -2.36. The topological polar surface area (TPSA) is 55.9 Å². The molecule has 0 aromatic heterocycles. The number of hydrogen-bond acceptors (Lipinski definition) is 3. The third-order valence-corrected chi connectivity index (χ3v) is 5.10. The second kappa shape index (κ2) is 9.26. The second-order valence-electron chi connectivity index (χ2n) is 6.80. The predicted molar refractivity (Wildman–Crippen MR) is 113 cm³/mol. The van der Waals surface area contributed by atoms with Crippen molar-refractivity contribution in [2.24, 2.45) is 0 Å². The van der Waals surface area contributed by atoms with Crippen LogP contribution in [0.25, 0.3) is 0 Å². The number of urea groups is 1. The lowest BCUT2D eigenvalue weighted by atomic mass is 10.1. The molecule has 1 aliphatic rings. The number of piperazine rings is 1. The smallest absolute Gasteiger partial charge is 0.321 e. The average Bonchev–Trinajstić information content (AvgIpc) is 2.75. The molecule has 6 nitrogen and oxygen atoms in total. The van der Waals surface area contributed by atoms with Crippen molar-refractivity contribution in [3.05, 3.63) is 60.2 Å². The van der Waals surface area contributed by atoms with Gasteiger partial charge in [0.15, 0.2) is 0 Å². The van der Waals surface area contributed by atoms with E-state index < -0.39 is 0 Å². The highest BCUT2D eigenvalue weighted by Gasteiger charge is 2.21. The van der Waals surface area contributed by atoms with Crippen molar-refractivity contribution in [3.8, 4) is 0 Å². The van der Waals surface area contributed by atoms with Crippen molar-refractivity contribution in [2.75, 3.05) is 49.5 Å². The molecule has 0 saturated carbocycles. The van der Waals surface area contributed by atoms with E-state index in [0.29, 0.717) is 37.4 Å². The Morgan fingerprint density at radius 1 is 0.929 bits per heavy atom. The van der Waals surface area contributed by atoms with Gasteiger partial charge in [0, 0.05) is 56.2 Å². The van der Waals surface area contributed by atoms with E-state index in [1.165, 1.54) is 5.69 Å². The van der Waals surface area contributed by atoms with Crippen molar-refractivity contribution >= 4 is 23.3 Å². The van der Waals surface area contributed by atoms with Crippen molar-refractivity contribution in [3.63, 3.8) is 0 Å². The van der Waals surface area contributed by atoms with Crippen LogP contribution in [-0.4, -0.2) is 61.0 Å². The summed E-state index contributed by atoms with van der Waals surface area (Å²) in [5.74, 6) is -0.0161. The summed E-state index contributed by atoms with van der Waals surface area (Å²) < 4.78 is 0. The fourth-order valence-electron chi connectivity index (χ4n) is 3.43. The van der Waals surface area contributed by atoms with Gasteiger partial charge in [-0.1, -0.05) is 24.3 Å². The molecule has 0 aliphatic carbocycles. The molecule has 0 unspecified atom stereocenters. The van der Waals surface area contributed by atoms with Gasteiger partial charge in [-0.2, -0.15) is 0 Å². The Morgan fingerprint density at radius 3 is 2.25 bits per heavy atom. The minimum absolute atomic E-state index is 0.0161. The molecule has 2 aromatic rings. The molecule has 2 aromatic carbocycles. The van der Waals surface area contributed by atoms with Gasteiger partial charge in [-0.05, 0) is 44.2 Å². The molecule has 1 aliphatic heterocycles. The van der Waals surface area contributed by atoms with Gasteiger partial charge in [0.2, 0.25) is 0 Å². The number of amides is 3. The van der Waals surface area contributed by atoms with E-state index in [4.69, 9.17) is 0 Å². The average molecular weight is 380 g/mol. The van der Waals surface area contributed by atoms with E-state index in [2.05, 4.69) is 22.3 Å². The Hall–Kier alpha value is -3.02. The third kappa shape index (κ3) is 4.63. The maximum absolute atomic E-state index is 12.6. The maximum Gasteiger partial charge on any atom is 0.321 e. The lowest BCUT2D eigenvalue weighted by molar-refractivity contribution is 0.0773. The number of carbonyl (C=O) groups excluding carboxylic acids is 2. The number of benzene rings is 2. The minimum atomic E-state index is -0.125. The number of para-hydroxylation sites is 1. The largest absolute Gasteiger partial charge is 0.368 e. The van der Waals surface area contributed by atoms with Crippen LogP contribution in [0.1, 0.15) is 24.2 Å². The number of rotatable bonds is 5. The molecule has 1 N–H and O–H groups in total. The Bertz CT molecular complexity index is 797. The van der Waals surface area contributed by atoms with Gasteiger partial charge < -0.3 is 20.0 Å². The summed E-state index contributed by atoms with van der Waals surface area (Å²) >= 11 is 0. The molecule has 28 heavy (non-hydrogen) atoms. The first-order valence-electron chi connectivity index (χ1n) is 9.87. The predicted octanol–water partition coefficient (Wildman–Crippen LogP) is 3.52. The van der Waals surface area contributed by atoms with E-state index in [1.807, 2.05) is 43.0 Å². The number of carbonyl (C=O) groups is 2. The van der Waals surface area contributed by atoms with E-state index in [-0.39, 0.29) is 11.9 Å². The molecular formula is C22H28N4O2. The fraction of sp³-hybridized carbons (Fsp3) is 0.364. The van der Waals surface area contributed by atoms with Gasteiger partial charge in [-0.15, -0.1) is 0 Å². The number of anilines is 2. The Kier molecular flexibility index (Phi) is 6.53. The second-order valence-corrected chi connectivity index (χ2v) is 6.80. The molecule has 6 heteroatoms. The van der Waals surface area contributed by atoms with Gasteiger partial charge >= 0.3 is 6.03 Å². The Morgan fingerprint density at radius 2 is 1.61 bits per heavy atom. The van der Waals surface area contributed by atoms with Crippen LogP contribution in [0, 0.1) is 0 Å². The molecule has 0 spiro atoms. The first-order chi connectivity index (χ1) is 13.6. The number of nitrogens with zero attached hydrogens (tertiary/aromatic N) is 3. The van der Waals surface area contributed by atoms with E-state index >= 15 is 0 Å². The van der Waals surface area contributed by atoms with E-state index in [1.54, 1.807) is 23.1 Å². The van der Waals surface area contributed by atoms with E-state index in [0.717, 1.165) is 13.1 Å². The van der Waals surface area contributed by atoms with Crippen LogP contribution < -0.4 is 10.2 Å². The molecular weight excluding hydrogens is 352 g/mol. The summed E-state index contributed by atoms with van der Waals surface area (Å²) in [7, 11) is 0. The summed E-state index contributed by atoms with van der Waals surface area (Å²) in [4.78, 5) is 31.0. The quantitative estimate of drug-likeness (QED) is 0.863. The molecule has 0 atom stereocenters. The molecule has 1 fully saturated rings. The van der Waals surface area contributed by atoms with Crippen LogP contribution in [0.4, 0.5) is 16.2 Å². The highest BCUT2D eigenvalue weighted by molar-refractivity contribution is 5.97. The first-order valence-corrected chi connectivity index (χ1v) is 9.87. The summed E-state index contributed by atoms with van der Waals surface area (Å²) in [5, 5.41) is 2.93. The Labute approximate surface area is 166 Å². The Balaban J connectivity index is 1.58. The van der Waals surface area contributed by atoms with Crippen LogP contribution in [0.3, 0.4) is 0 Å². The molecule has 0 radical (unpaired) electrons. The lowest BCUT2D eigenvalue weighted by Crippen LogP contribution is -2.50. The fourth-order valence-corrected chi connectivity index (χ4v) is 3.43. The molecule has 1 saturated heterocycles. The normalized spacial score (nSPS) is 13.9. The van der Waals surface area contributed by atoms with E-state index in [9.17, 15) is 9.59 Å². The summed E-state index contributed by atoms with van der Waals surface area (Å²) in [6, 6.07) is 17.3. The van der Waals surface area contributed by atoms with Crippen LogP contribution in [0.2, 0.25) is 0 Å². The molecule has 3 amide bonds. The van der Waals surface area contributed by atoms with Gasteiger partial charge in [-0.25, -0.2) is 4.79 Å². The highest BCUT2D eigenvalue weighted by Crippen LogP contribution is 2.17. The summed E-state index contributed by atoms with van der Waals surface area (Å²) in [6.45, 7) is 8.19. The number of hydrogen-bond donors (Lipinski definition) is 1. The molecule has 148 valence electrons. The maximum atomic E-state index is 12.6. The van der Waals surface area contributed by atoms with Gasteiger partial charge in [0.1, 0.15) is 0 Å². The SMILES string of the molecule is CCN(CC)C(=O)c1cccc(NC(=O)N2CCN(c3ccccc3)CC2)c1. The monoisotopic (exact) mass is 380 g/mol. The van der Waals surface area contributed by atoms with Gasteiger partial charge in [0.05, 0.1) is 0 Å². The molecule has 0 bridgehead atoms. The minimum Gasteiger partial charge on any atom is -0.368 e. The van der Waals surface area contributed by atoms with Crippen molar-refractivity contribution in [2.45, 2.75) is 13.8 Å². The first kappa shape index (κ1) is 19.7. The number of nitrogens with one attached hydrogen (secondary N) is 1. The molecule has 3 rings (SSSR count). The zero-order valence-corrected chi connectivity index (χ0v) is 16.6. The standard InChI is InChI=1S/C22H28N4O2/c1-3-24(4-2)21(27)18-9-8-10-19(17-18)23-22(28)26-15-13-25(14-16-26)20-11-6-5-7-12-20/h5-12,17H,3-4,13-16H2,1-2H3,(H,23,28). The highest BCUT2D eigenvalue weighted by atomic mass is 16.2. The van der Waals surface area contributed by atoms with Crippen molar-refractivity contribution in [1.82, 2.24) is 9.80 Å². The van der Waals surface area contributed by atoms with Crippen LogP contribution in [-0.2, 0) is 0 Å². The van der Waals surface area contributed by atoms with Crippen LogP contribution >= 0.6 is 0 Å². The third-order valence-electron chi connectivity index (χ3n) is 5.10. The summed E-state index contributed by atoms with van der Waals surface area (Å²) in [6.07, 6.45) is 0. The van der Waals surface area contributed by atoms with Crippen LogP contribution in [0.15, 0.2) is 54.6 Å².